The first kappa shape index (κ1) is 14.1. The molecule has 0 bridgehead atoms. The summed E-state index contributed by atoms with van der Waals surface area (Å²) in [6, 6.07) is 0.201. The van der Waals surface area contributed by atoms with Crippen LogP contribution < -0.4 is 16.6 Å². The number of hydrogen-bond acceptors (Lipinski definition) is 4. The van der Waals surface area contributed by atoms with Gasteiger partial charge in [0, 0.05) is 26.2 Å². The van der Waals surface area contributed by atoms with Crippen molar-refractivity contribution < 1.29 is 0 Å². The molecular formula is C14H21N5O2. The predicted octanol–water partition coefficient (Wildman–Crippen LogP) is -0.0230. The number of hydrogen-bond donors (Lipinski definition) is 1. The Balaban J connectivity index is 2.24. The second-order valence-corrected chi connectivity index (χ2v) is 5.63. The lowest BCUT2D eigenvalue weighted by Gasteiger charge is -2.13. The molecule has 3 heterocycles. The van der Waals surface area contributed by atoms with Gasteiger partial charge < -0.3 is 9.88 Å². The first-order chi connectivity index (χ1) is 10.0. The maximum absolute atomic E-state index is 12.7. The van der Waals surface area contributed by atoms with E-state index in [2.05, 4.69) is 10.3 Å². The fourth-order valence-electron chi connectivity index (χ4n) is 3.16. The largest absolute Gasteiger partial charge is 0.332 e. The number of imidazole rings is 1. The van der Waals surface area contributed by atoms with E-state index in [4.69, 9.17) is 0 Å². The van der Waals surface area contributed by atoms with Gasteiger partial charge in [0.25, 0.3) is 5.56 Å². The topological polar surface area (TPSA) is 73.8 Å². The van der Waals surface area contributed by atoms with Crippen molar-refractivity contribution in [2.24, 2.45) is 7.05 Å². The van der Waals surface area contributed by atoms with Crippen LogP contribution in [-0.2, 0) is 20.1 Å². The summed E-state index contributed by atoms with van der Waals surface area (Å²) in [6.07, 6.45) is 2.09. The highest BCUT2D eigenvalue weighted by atomic mass is 16.2. The highest BCUT2D eigenvalue weighted by Crippen LogP contribution is 2.11. The number of nitrogens with zero attached hydrogens (tertiary/aromatic N) is 4. The van der Waals surface area contributed by atoms with E-state index in [0.717, 1.165) is 25.2 Å². The van der Waals surface area contributed by atoms with Crippen molar-refractivity contribution in [1.82, 2.24) is 24.0 Å². The van der Waals surface area contributed by atoms with Gasteiger partial charge in [-0.05, 0) is 33.2 Å². The lowest BCUT2D eigenvalue weighted by Crippen LogP contribution is -2.43. The Kier molecular flexibility index (Phi) is 3.44. The molecule has 0 aliphatic carbocycles. The van der Waals surface area contributed by atoms with Gasteiger partial charge in [-0.1, -0.05) is 0 Å². The van der Waals surface area contributed by atoms with Crippen LogP contribution in [0.2, 0.25) is 0 Å². The fraction of sp³-hybridized carbons (Fsp3) is 0.643. The molecule has 1 saturated heterocycles. The van der Waals surface area contributed by atoms with E-state index < -0.39 is 0 Å². The average molecular weight is 291 g/mol. The highest BCUT2D eigenvalue weighted by Gasteiger charge is 2.21. The molecule has 0 spiro atoms. The summed E-state index contributed by atoms with van der Waals surface area (Å²) in [6.45, 7) is 5.87. The SMILES string of the molecule is CCn1c(C)nc2c1c(=O)n(CC1CCCN1)c(=O)n2C. The molecule has 1 unspecified atom stereocenters. The first-order valence-corrected chi connectivity index (χ1v) is 7.44. The van der Waals surface area contributed by atoms with E-state index in [1.165, 1.54) is 9.13 Å². The van der Waals surface area contributed by atoms with Crippen LogP contribution in [0.5, 0.6) is 0 Å². The number of fused-ring (bicyclic) bond motifs is 1. The van der Waals surface area contributed by atoms with Crippen LogP contribution in [0.15, 0.2) is 9.59 Å². The first-order valence-electron chi connectivity index (χ1n) is 7.44. The van der Waals surface area contributed by atoms with Crippen molar-refractivity contribution in [2.75, 3.05) is 6.54 Å². The van der Waals surface area contributed by atoms with Gasteiger partial charge in [-0.25, -0.2) is 9.78 Å². The van der Waals surface area contributed by atoms with Crippen LogP contribution in [0.3, 0.4) is 0 Å². The summed E-state index contributed by atoms with van der Waals surface area (Å²) in [5, 5.41) is 3.33. The Morgan fingerprint density at radius 2 is 2.10 bits per heavy atom. The predicted molar refractivity (Wildman–Crippen MR) is 80.7 cm³/mol. The molecule has 7 nitrogen and oxygen atoms in total. The van der Waals surface area contributed by atoms with Crippen LogP contribution in [0, 0.1) is 6.92 Å². The minimum absolute atomic E-state index is 0.201. The van der Waals surface area contributed by atoms with Gasteiger partial charge in [-0.2, -0.15) is 0 Å². The van der Waals surface area contributed by atoms with Gasteiger partial charge in [0.1, 0.15) is 5.82 Å². The van der Waals surface area contributed by atoms with Gasteiger partial charge in [0.05, 0.1) is 0 Å². The molecule has 1 aliphatic rings. The van der Waals surface area contributed by atoms with Gasteiger partial charge in [-0.15, -0.1) is 0 Å². The molecule has 1 N–H and O–H groups in total. The van der Waals surface area contributed by atoms with E-state index in [1.54, 1.807) is 7.05 Å². The maximum atomic E-state index is 12.7. The lowest BCUT2D eigenvalue weighted by atomic mass is 10.2. The summed E-state index contributed by atoms with van der Waals surface area (Å²) in [4.78, 5) is 29.6. The number of rotatable bonds is 3. The van der Waals surface area contributed by atoms with Crippen molar-refractivity contribution in [3.63, 3.8) is 0 Å². The third-order valence-corrected chi connectivity index (χ3v) is 4.30. The lowest BCUT2D eigenvalue weighted by molar-refractivity contribution is 0.477. The van der Waals surface area contributed by atoms with Crippen LogP contribution in [-0.4, -0.2) is 31.3 Å². The normalized spacial score (nSPS) is 18.7. The van der Waals surface area contributed by atoms with Crippen molar-refractivity contribution in [3.05, 3.63) is 26.7 Å². The van der Waals surface area contributed by atoms with Gasteiger partial charge in [0.15, 0.2) is 11.2 Å². The van der Waals surface area contributed by atoms with E-state index in [9.17, 15) is 9.59 Å². The van der Waals surface area contributed by atoms with Crippen molar-refractivity contribution in [3.8, 4) is 0 Å². The van der Waals surface area contributed by atoms with Crippen LogP contribution in [0.1, 0.15) is 25.6 Å². The molecule has 0 aromatic carbocycles. The molecule has 1 fully saturated rings. The van der Waals surface area contributed by atoms with Gasteiger partial charge in [0.2, 0.25) is 0 Å². The zero-order chi connectivity index (χ0) is 15.1. The third kappa shape index (κ3) is 2.12. The fourth-order valence-corrected chi connectivity index (χ4v) is 3.16. The Morgan fingerprint density at radius 1 is 1.33 bits per heavy atom. The smallest absolute Gasteiger partial charge is 0.323 e. The third-order valence-electron chi connectivity index (χ3n) is 4.30. The number of aryl methyl sites for hydroxylation is 3. The summed E-state index contributed by atoms with van der Waals surface area (Å²) in [7, 11) is 1.68. The highest BCUT2D eigenvalue weighted by molar-refractivity contribution is 5.70. The van der Waals surface area contributed by atoms with E-state index in [0.29, 0.717) is 24.3 Å². The monoisotopic (exact) mass is 291 g/mol. The Labute approximate surface area is 122 Å². The molecule has 3 rings (SSSR count). The Hall–Kier alpha value is -1.89. The molecule has 2 aromatic heterocycles. The second kappa shape index (κ2) is 5.14. The summed E-state index contributed by atoms with van der Waals surface area (Å²) in [5.41, 5.74) is 0.473. The van der Waals surface area contributed by atoms with Crippen LogP contribution in [0.25, 0.3) is 11.2 Å². The zero-order valence-corrected chi connectivity index (χ0v) is 12.7. The molecule has 7 heteroatoms. The van der Waals surface area contributed by atoms with E-state index >= 15 is 0 Å². The molecule has 0 saturated carbocycles. The minimum Gasteiger partial charge on any atom is -0.323 e. The van der Waals surface area contributed by atoms with Gasteiger partial charge >= 0.3 is 5.69 Å². The summed E-state index contributed by atoms with van der Waals surface area (Å²) >= 11 is 0. The molecule has 21 heavy (non-hydrogen) atoms. The van der Waals surface area contributed by atoms with E-state index in [-0.39, 0.29) is 17.3 Å². The standard InChI is InChI=1S/C14H21N5O2/c1-4-18-9(2)16-12-11(18)13(20)19(14(21)17(12)3)8-10-6-5-7-15-10/h10,15H,4-8H2,1-3H3. The van der Waals surface area contributed by atoms with Crippen molar-refractivity contribution in [2.45, 2.75) is 45.8 Å². The number of nitrogens with one attached hydrogen (secondary N) is 1. The molecule has 1 atom stereocenters. The molecule has 0 radical (unpaired) electrons. The van der Waals surface area contributed by atoms with Crippen LogP contribution in [0.4, 0.5) is 0 Å². The quantitative estimate of drug-likeness (QED) is 0.862. The molecule has 114 valence electrons. The van der Waals surface area contributed by atoms with Crippen LogP contribution >= 0.6 is 0 Å². The van der Waals surface area contributed by atoms with Crippen molar-refractivity contribution in [1.29, 1.82) is 0 Å². The molecule has 2 aromatic rings. The average Bonchev–Trinajstić information content (AvgIpc) is 3.08. The van der Waals surface area contributed by atoms with Gasteiger partial charge in [-0.3, -0.25) is 13.9 Å². The summed E-state index contributed by atoms with van der Waals surface area (Å²) in [5.74, 6) is 0.761. The minimum atomic E-state index is -0.290. The summed E-state index contributed by atoms with van der Waals surface area (Å²) < 4.78 is 4.69. The Bertz CT molecular complexity index is 792. The van der Waals surface area contributed by atoms with E-state index in [1.807, 2.05) is 18.4 Å². The van der Waals surface area contributed by atoms with Crippen molar-refractivity contribution >= 4 is 11.2 Å². The number of aromatic nitrogens is 4. The molecule has 0 amide bonds. The maximum Gasteiger partial charge on any atom is 0.332 e. The molecule has 1 aliphatic heterocycles. The Morgan fingerprint density at radius 3 is 2.71 bits per heavy atom. The zero-order valence-electron chi connectivity index (χ0n) is 12.7. The molecular weight excluding hydrogens is 270 g/mol. The second-order valence-electron chi connectivity index (χ2n) is 5.63.